The monoisotopic (exact) mass is 476 g/mol. The maximum atomic E-state index is 13.1. The number of aryl methyl sites for hydroxylation is 1. The molecule has 1 N–H and O–H groups in total. The molecule has 0 bridgehead atoms. The first-order valence-electron chi connectivity index (χ1n) is 10.5. The fourth-order valence-corrected chi connectivity index (χ4v) is 4.78. The number of amides is 2. The zero-order valence-electron chi connectivity index (χ0n) is 18.1. The highest BCUT2D eigenvalue weighted by molar-refractivity contribution is 7.09. The molecule has 0 radical (unpaired) electrons. The molecule has 2 aromatic carbocycles. The quantitative estimate of drug-likeness (QED) is 0.359. The Kier molecular flexibility index (Phi) is 5.74. The summed E-state index contributed by atoms with van der Waals surface area (Å²) < 4.78 is 5.73. The van der Waals surface area contributed by atoms with Crippen molar-refractivity contribution in [3.8, 4) is 11.4 Å². The minimum Gasteiger partial charge on any atom is -0.334 e. The lowest BCUT2D eigenvalue weighted by molar-refractivity contribution is 0.203. The van der Waals surface area contributed by atoms with Crippen molar-refractivity contribution in [2.75, 3.05) is 0 Å². The van der Waals surface area contributed by atoms with Crippen molar-refractivity contribution < 1.29 is 9.32 Å². The maximum Gasteiger partial charge on any atom is 0.322 e. The van der Waals surface area contributed by atoms with E-state index in [1.165, 1.54) is 0 Å². The third-order valence-electron chi connectivity index (χ3n) is 5.64. The molecule has 0 spiro atoms. The molecule has 8 heteroatoms. The van der Waals surface area contributed by atoms with Gasteiger partial charge in [0.1, 0.15) is 0 Å². The van der Waals surface area contributed by atoms with E-state index in [4.69, 9.17) is 16.1 Å². The van der Waals surface area contributed by atoms with Gasteiger partial charge in [-0.15, -0.1) is 11.3 Å². The Morgan fingerprint density at radius 2 is 1.94 bits per heavy atom. The third-order valence-corrected chi connectivity index (χ3v) is 6.74. The van der Waals surface area contributed by atoms with Crippen LogP contribution in [0.5, 0.6) is 0 Å². The highest BCUT2D eigenvalue weighted by atomic mass is 35.5. The van der Waals surface area contributed by atoms with Crippen LogP contribution in [0.3, 0.4) is 0 Å². The van der Waals surface area contributed by atoms with Gasteiger partial charge in [-0.25, -0.2) is 4.79 Å². The molecule has 0 saturated heterocycles. The van der Waals surface area contributed by atoms with Crippen LogP contribution in [0.15, 0.2) is 76.3 Å². The summed E-state index contributed by atoms with van der Waals surface area (Å²) in [5.41, 5.74) is 4.40. The molecule has 1 unspecified atom stereocenters. The van der Waals surface area contributed by atoms with Crippen molar-refractivity contribution in [2.24, 2.45) is 0 Å². The lowest BCUT2D eigenvalue weighted by Gasteiger charge is -2.35. The fraction of sp³-hybridized carbons (Fsp3) is 0.160. The van der Waals surface area contributed by atoms with Gasteiger partial charge in [0, 0.05) is 21.2 Å². The summed E-state index contributed by atoms with van der Waals surface area (Å²) in [6.07, 6.45) is 0. The summed E-state index contributed by atoms with van der Waals surface area (Å²) in [5, 5.41) is 9.93. The second-order valence-corrected chi connectivity index (χ2v) is 9.36. The molecule has 4 aromatic rings. The molecule has 1 aliphatic heterocycles. The molecule has 1 atom stereocenters. The number of hydrogen-bond acceptors (Lipinski definition) is 5. The average molecular weight is 477 g/mol. The Morgan fingerprint density at radius 1 is 1.12 bits per heavy atom. The van der Waals surface area contributed by atoms with Crippen molar-refractivity contribution in [1.82, 2.24) is 20.4 Å². The summed E-state index contributed by atoms with van der Waals surface area (Å²) in [4.78, 5) is 20.6. The first kappa shape index (κ1) is 21.4. The Balaban J connectivity index is 1.60. The highest BCUT2D eigenvalue weighted by Gasteiger charge is 2.35. The van der Waals surface area contributed by atoms with Crippen LogP contribution >= 0.6 is 22.9 Å². The minimum atomic E-state index is -0.412. The van der Waals surface area contributed by atoms with Crippen LogP contribution in [0, 0.1) is 6.92 Å². The van der Waals surface area contributed by atoms with Gasteiger partial charge in [-0.05, 0) is 43.0 Å². The number of aromatic nitrogens is 2. The van der Waals surface area contributed by atoms with E-state index in [1.807, 2.05) is 67.8 Å². The van der Waals surface area contributed by atoms with E-state index in [9.17, 15) is 4.79 Å². The maximum absolute atomic E-state index is 13.1. The van der Waals surface area contributed by atoms with Gasteiger partial charge in [-0.3, -0.25) is 4.90 Å². The van der Waals surface area contributed by atoms with Crippen LogP contribution in [-0.2, 0) is 6.54 Å². The standard InChI is InChI=1S/C25H21ClN4O2S/c1-15-8-10-17(11-9-15)22-21(16(2)30(25(31)27-22)14-20-7-4-12-33-20)24-28-23(29-32-24)18-5-3-6-19(26)13-18/h3-13,22H,14H2,1-2H3,(H,27,31). The fourth-order valence-electron chi connectivity index (χ4n) is 3.89. The summed E-state index contributed by atoms with van der Waals surface area (Å²) >= 11 is 7.75. The van der Waals surface area contributed by atoms with E-state index in [-0.39, 0.29) is 6.03 Å². The van der Waals surface area contributed by atoms with Crippen molar-refractivity contribution >= 4 is 34.5 Å². The zero-order valence-corrected chi connectivity index (χ0v) is 19.7. The predicted octanol–water partition coefficient (Wildman–Crippen LogP) is 6.46. The van der Waals surface area contributed by atoms with Gasteiger partial charge < -0.3 is 9.84 Å². The van der Waals surface area contributed by atoms with Gasteiger partial charge in [0.2, 0.25) is 5.82 Å². The molecular formula is C25H21ClN4O2S. The van der Waals surface area contributed by atoms with Crippen LogP contribution in [0.25, 0.3) is 17.0 Å². The van der Waals surface area contributed by atoms with Crippen molar-refractivity contribution in [1.29, 1.82) is 0 Å². The topological polar surface area (TPSA) is 71.3 Å². The Hall–Kier alpha value is -3.42. The number of benzene rings is 2. The molecule has 0 fully saturated rings. The van der Waals surface area contributed by atoms with E-state index in [2.05, 4.69) is 15.5 Å². The van der Waals surface area contributed by atoms with E-state index < -0.39 is 6.04 Å². The molecular weight excluding hydrogens is 456 g/mol. The van der Waals surface area contributed by atoms with E-state index in [0.29, 0.717) is 23.3 Å². The number of nitrogens with one attached hydrogen (secondary N) is 1. The lowest BCUT2D eigenvalue weighted by atomic mass is 9.94. The van der Waals surface area contributed by atoms with Gasteiger partial charge in [0.15, 0.2) is 0 Å². The Bertz CT molecular complexity index is 1330. The number of hydrogen-bond donors (Lipinski definition) is 1. The molecule has 5 rings (SSSR count). The SMILES string of the molecule is CC1=C(c2nc(-c3cccc(Cl)c3)no2)C(c2ccc(C)cc2)NC(=O)N1Cc1cccs1. The van der Waals surface area contributed by atoms with Crippen LogP contribution in [0.1, 0.15) is 34.9 Å². The summed E-state index contributed by atoms with van der Waals surface area (Å²) in [5.74, 6) is 0.807. The number of nitrogens with zero attached hydrogens (tertiary/aromatic N) is 3. The number of thiophene rings is 1. The van der Waals surface area contributed by atoms with Gasteiger partial charge in [0.25, 0.3) is 5.89 Å². The molecule has 0 aliphatic carbocycles. The van der Waals surface area contributed by atoms with Gasteiger partial charge in [-0.2, -0.15) is 4.98 Å². The second kappa shape index (κ2) is 8.84. The largest absolute Gasteiger partial charge is 0.334 e. The van der Waals surface area contributed by atoms with E-state index in [1.54, 1.807) is 28.4 Å². The Labute approximate surface area is 200 Å². The van der Waals surface area contributed by atoms with Crippen LogP contribution in [-0.4, -0.2) is 21.1 Å². The van der Waals surface area contributed by atoms with Gasteiger partial charge in [-0.1, -0.05) is 64.8 Å². The smallest absolute Gasteiger partial charge is 0.322 e. The molecule has 1 aliphatic rings. The van der Waals surface area contributed by atoms with Gasteiger partial charge in [0.05, 0.1) is 18.2 Å². The van der Waals surface area contributed by atoms with Crippen LogP contribution in [0.4, 0.5) is 4.79 Å². The molecule has 2 aromatic heterocycles. The summed E-state index contributed by atoms with van der Waals surface area (Å²) in [6.45, 7) is 4.42. The highest BCUT2D eigenvalue weighted by Crippen LogP contribution is 2.38. The number of rotatable bonds is 5. The molecule has 6 nitrogen and oxygen atoms in total. The average Bonchev–Trinajstić information content (AvgIpc) is 3.49. The normalized spacial score (nSPS) is 16.3. The van der Waals surface area contributed by atoms with E-state index >= 15 is 0 Å². The first-order valence-corrected chi connectivity index (χ1v) is 11.7. The van der Waals surface area contributed by atoms with Gasteiger partial charge >= 0.3 is 6.03 Å². The molecule has 33 heavy (non-hydrogen) atoms. The zero-order chi connectivity index (χ0) is 22.9. The number of allylic oxidation sites excluding steroid dienone is 1. The second-order valence-electron chi connectivity index (χ2n) is 7.89. The lowest BCUT2D eigenvalue weighted by Crippen LogP contribution is -2.45. The molecule has 3 heterocycles. The number of carbonyl (C=O) groups excluding carboxylic acids is 1. The summed E-state index contributed by atoms with van der Waals surface area (Å²) in [6, 6.07) is 18.8. The Morgan fingerprint density at radius 3 is 2.67 bits per heavy atom. The van der Waals surface area contributed by atoms with Crippen LogP contribution < -0.4 is 5.32 Å². The van der Waals surface area contributed by atoms with Crippen LogP contribution in [0.2, 0.25) is 5.02 Å². The van der Waals surface area contributed by atoms with E-state index in [0.717, 1.165) is 32.8 Å². The number of halogens is 1. The third kappa shape index (κ3) is 4.29. The predicted molar refractivity (Wildman–Crippen MR) is 130 cm³/mol. The molecule has 166 valence electrons. The van der Waals surface area contributed by atoms with Crippen molar-refractivity contribution in [2.45, 2.75) is 26.4 Å². The number of urea groups is 1. The first-order chi connectivity index (χ1) is 16.0. The van der Waals surface area contributed by atoms with Crippen molar-refractivity contribution in [3.63, 3.8) is 0 Å². The molecule has 2 amide bonds. The number of carbonyl (C=O) groups is 1. The summed E-state index contributed by atoms with van der Waals surface area (Å²) in [7, 11) is 0. The molecule has 0 saturated carbocycles. The minimum absolute atomic E-state index is 0.162. The van der Waals surface area contributed by atoms with Crippen molar-refractivity contribution in [3.05, 3.63) is 98.7 Å².